The maximum absolute atomic E-state index is 11.9. The highest BCUT2D eigenvalue weighted by Gasteiger charge is 2.26. The Hall–Kier alpha value is -2.28. The second kappa shape index (κ2) is 6.01. The number of alkyl carbamates (subject to hydrolysis) is 1. The van der Waals surface area contributed by atoms with Gasteiger partial charge in [-0.2, -0.15) is 5.26 Å². The molecule has 0 heterocycles. The maximum atomic E-state index is 11.9. The number of nitriles is 1. The Labute approximate surface area is 125 Å². The van der Waals surface area contributed by atoms with Crippen molar-refractivity contribution in [2.24, 2.45) is 0 Å². The number of nitrogens with zero attached hydrogens (tertiary/aromatic N) is 1. The molecule has 1 aromatic carbocycles. The molecule has 0 radical (unpaired) electrons. The Bertz CT molecular complexity index is 606. The zero-order valence-electron chi connectivity index (χ0n) is 12.6. The number of nitrogens with one attached hydrogen (secondary N) is 1. The van der Waals surface area contributed by atoms with Crippen LogP contribution in [0.3, 0.4) is 0 Å². The van der Waals surface area contributed by atoms with Crippen LogP contribution in [-0.2, 0) is 4.74 Å². The van der Waals surface area contributed by atoms with Gasteiger partial charge >= 0.3 is 6.09 Å². The van der Waals surface area contributed by atoms with Gasteiger partial charge in [-0.05, 0) is 50.3 Å². The fourth-order valence-electron chi connectivity index (χ4n) is 2.51. The predicted molar refractivity (Wildman–Crippen MR) is 81.4 cm³/mol. The lowest BCUT2D eigenvalue weighted by Crippen LogP contribution is -2.36. The fourth-order valence-corrected chi connectivity index (χ4v) is 2.51. The number of benzene rings is 1. The highest BCUT2D eigenvalue weighted by Crippen LogP contribution is 2.36. The molecule has 1 N–H and O–H groups in total. The van der Waals surface area contributed by atoms with Crippen LogP contribution in [0.15, 0.2) is 30.3 Å². The number of allylic oxidation sites excluding steroid dienone is 2. The minimum absolute atomic E-state index is 0.0770. The number of fused-ring (bicyclic) bond motifs is 1. The smallest absolute Gasteiger partial charge is 0.408 e. The van der Waals surface area contributed by atoms with E-state index in [0.29, 0.717) is 0 Å². The molecule has 1 aliphatic carbocycles. The Morgan fingerprint density at radius 1 is 1.43 bits per heavy atom. The first-order valence-corrected chi connectivity index (χ1v) is 7.08. The van der Waals surface area contributed by atoms with E-state index in [9.17, 15) is 4.79 Å². The average molecular weight is 284 g/mol. The molecule has 21 heavy (non-hydrogen) atoms. The molecule has 0 bridgehead atoms. The van der Waals surface area contributed by atoms with Crippen molar-refractivity contribution >= 4 is 11.7 Å². The normalized spacial score (nSPS) is 19.5. The summed E-state index contributed by atoms with van der Waals surface area (Å²) in [5.41, 5.74) is 2.59. The number of carbonyl (C=O) groups excluding carboxylic acids is 1. The van der Waals surface area contributed by atoms with Crippen molar-refractivity contribution in [3.05, 3.63) is 41.5 Å². The molecular formula is C17H20N2O2. The van der Waals surface area contributed by atoms with Gasteiger partial charge in [0.05, 0.1) is 12.1 Å². The topological polar surface area (TPSA) is 62.1 Å². The monoisotopic (exact) mass is 284 g/mol. The molecule has 1 atom stereocenters. The molecule has 1 aliphatic rings. The van der Waals surface area contributed by atoms with Gasteiger partial charge in [0.15, 0.2) is 0 Å². The second-order valence-electron chi connectivity index (χ2n) is 6.12. The van der Waals surface area contributed by atoms with Crippen LogP contribution < -0.4 is 5.32 Å². The molecule has 1 amide bonds. The third-order valence-corrected chi connectivity index (χ3v) is 3.31. The van der Waals surface area contributed by atoms with E-state index in [4.69, 9.17) is 10.00 Å². The van der Waals surface area contributed by atoms with E-state index >= 15 is 0 Å². The zero-order valence-corrected chi connectivity index (χ0v) is 12.6. The fraction of sp³-hybridized carbons (Fsp3) is 0.412. The standard InChI is InChI=1S/C17H20N2O2/c1-17(2,3)21-16(20)19-15-9-8-12(10-11-18)13-6-4-5-7-14(13)15/h4-7,10,15H,8-9H2,1-3H3,(H,19,20)/b12-10+/t15-/m0/s1. The van der Waals surface area contributed by atoms with E-state index in [1.54, 1.807) is 6.08 Å². The molecule has 0 unspecified atom stereocenters. The van der Waals surface area contributed by atoms with Crippen LogP contribution in [-0.4, -0.2) is 11.7 Å². The first kappa shape index (κ1) is 15.1. The summed E-state index contributed by atoms with van der Waals surface area (Å²) < 4.78 is 5.31. The van der Waals surface area contributed by atoms with Crippen molar-refractivity contribution in [3.8, 4) is 6.07 Å². The average Bonchev–Trinajstić information content (AvgIpc) is 2.40. The van der Waals surface area contributed by atoms with Crippen LogP contribution in [0.5, 0.6) is 0 Å². The van der Waals surface area contributed by atoms with Gasteiger partial charge in [-0.1, -0.05) is 24.3 Å². The van der Waals surface area contributed by atoms with Crippen molar-refractivity contribution in [2.75, 3.05) is 0 Å². The summed E-state index contributed by atoms with van der Waals surface area (Å²) in [6.45, 7) is 5.53. The third kappa shape index (κ3) is 3.85. The lowest BCUT2D eigenvalue weighted by molar-refractivity contribution is 0.0500. The summed E-state index contributed by atoms with van der Waals surface area (Å²) in [7, 11) is 0. The third-order valence-electron chi connectivity index (χ3n) is 3.31. The van der Waals surface area contributed by atoms with Crippen LogP contribution >= 0.6 is 0 Å². The van der Waals surface area contributed by atoms with Gasteiger partial charge in [0.1, 0.15) is 5.60 Å². The summed E-state index contributed by atoms with van der Waals surface area (Å²) in [6, 6.07) is 9.88. The largest absolute Gasteiger partial charge is 0.444 e. The van der Waals surface area contributed by atoms with E-state index in [2.05, 4.69) is 11.4 Å². The SMILES string of the molecule is CC(C)(C)OC(=O)N[C@H]1CC/C(=C\C#N)c2ccccc21. The number of rotatable bonds is 1. The van der Waals surface area contributed by atoms with E-state index in [0.717, 1.165) is 29.5 Å². The molecule has 0 saturated heterocycles. The van der Waals surface area contributed by atoms with Gasteiger partial charge in [0.25, 0.3) is 0 Å². The minimum atomic E-state index is -0.510. The molecule has 2 rings (SSSR count). The summed E-state index contributed by atoms with van der Waals surface area (Å²) in [5, 5.41) is 11.8. The van der Waals surface area contributed by atoms with Crippen LogP contribution in [0.4, 0.5) is 4.79 Å². The van der Waals surface area contributed by atoms with E-state index in [1.165, 1.54) is 0 Å². The van der Waals surface area contributed by atoms with Gasteiger partial charge in [0.2, 0.25) is 0 Å². The molecule has 4 nitrogen and oxygen atoms in total. The van der Waals surface area contributed by atoms with E-state index < -0.39 is 11.7 Å². The summed E-state index contributed by atoms with van der Waals surface area (Å²) in [6.07, 6.45) is 2.71. The van der Waals surface area contributed by atoms with Gasteiger partial charge in [-0.15, -0.1) is 0 Å². The zero-order chi connectivity index (χ0) is 15.5. The lowest BCUT2D eigenvalue weighted by atomic mass is 9.84. The van der Waals surface area contributed by atoms with Crippen LogP contribution in [0.1, 0.15) is 50.8 Å². The summed E-state index contributed by atoms with van der Waals surface area (Å²) >= 11 is 0. The Morgan fingerprint density at radius 3 is 2.81 bits per heavy atom. The molecule has 110 valence electrons. The maximum Gasteiger partial charge on any atom is 0.408 e. The quantitative estimate of drug-likeness (QED) is 0.794. The highest BCUT2D eigenvalue weighted by molar-refractivity contribution is 5.74. The molecule has 0 saturated carbocycles. The number of hydrogen-bond donors (Lipinski definition) is 1. The summed E-state index contributed by atoms with van der Waals surface area (Å²) in [5.74, 6) is 0. The molecule has 0 spiro atoms. The molecule has 0 fully saturated rings. The molecule has 0 aliphatic heterocycles. The van der Waals surface area contributed by atoms with Crippen LogP contribution in [0.25, 0.3) is 5.57 Å². The Morgan fingerprint density at radius 2 is 2.14 bits per heavy atom. The van der Waals surface area contributed by atoms with Gasteiger partial charge in [-0.3, -0.25) is 0 Å². The van der Waals surface area contributed by atoms with Crippen LogP contribution in [0, 0.1) is 11.3 Å². The molecule has 0 aromatic heterocycles. The van der Waals surface area contributed by atoms with Gasteiger partial charge < -0.3 is 10.1 Å². The van der Waals surface area contributed by atoms with Crippen molar-refractivity contribution in [3.63, 3.8) is 0 Å². The van der Waals surface area contributed by atoms with Gasteiger partial charge in [-0.25, -0.2) is 4.79 Å². The van der Waals surface area contributed by atoms with E-state index in [-0.39, 0.29) is 6.04 Å². The van der Waals surface area contributed by atoms with Gasteiger partial charge in [0, 0.05) is 6.08 Å². The Kier molecular flexibility index (Phi) is 4.32. The van der Waals surface area contributed by atoms with Crippen molar-refractivity contribution < 1.29 is 9.53 Å². The molecule has 1 aromatic rings. The van der Waals surface area contributed by atoms with E-state index in [1.807, 2.05) is 45.0 Å². The number of amides is 1. The van der Waals surface area contributed by atoms with Crippen molar-refractivity contribution in [2.45, 2.75) is 45.3 Å². The van der Waals surface area contributed by atoms with Crippen molar-refractivity contribution in [1.29, 1.82) is 5.26 Å². The number of hydrogen-bond acceptors (Lipinski definition) is 3. The van der Waals surface area contributed by atoms with Crippen molar-refractivity contribution in [1.82, 2.24) is 5.32 Å². The first-order chi connectivity index (χ1) is 9.90. The summed E-state index contributed by atoms with van der Waals surface area (Å²) in [4.78, 5) is 11.9. The lowest BCUT2D eigenvalue weighted by Gasteiger charge is -2.29. The highest BCUT2D eigenvalue weighted by atomic mass is 16.6. The predicted octanol–water partition coefficient (Wildman–Crippen LogP) is 3.95. The van der Waals surface area contributed by atoms with Crippen LogP contribution in [0.2, 0.25) is 0 Å². The second-order valence-corrected chi connectivity index (χ2v) is 6.12. The first-order valence-electron chi connectivity index (χ1n) is 7.08. The minimum Gasteiger partial charge on any atom is -0.444 e. The molecular weight excluding hydrogens is 264 g/mol. The Balaban J connectivity index is 2.20. The number of carbonyl (C=O) groups is 1. The molecule has 4 heteroatoms. The number of ether oxygens (including phenoxy) is 1.